The van der Waals surface area contributed by atoms with Crippen LogP contribution in [0.3, 0.4) is 0 Å². The maximum atomic E-state index is 12.5. The molecule has 2 aromatic rings. The number of hydrogen-bond acceptors (Lipinski definition) is 7. The molecule has 0 radical (unpaired) electrons. The number of aromatic nitrogens is 2. The van der Waals surface area contributed by atoms with Crippen LogP contribution in [0.15, 0.2) is 24.3 Å². The Hall–Kier alpha value is -2.94. The van der Waals surface area contributed by atoms with Crippen LogP contribution in [0.5, 0.6) is 0 Å². The number of benzene rings is 1. The van der Waals surface area contributed by atoms with Crippen LogP contribution in [0, 0.1) is 10.1 Å². The highest BCUT2D eigenvalue weighted by molar-refractivity contribution is 5.95. The lowest BCUT2D eigenvalue weighted by atomic mass is 9.91. The van der Waals surface area contributed by atoms with Gasteiger partial charge in [-0.3, -0.25) is 14.9 Å². The topological polar surface area (TPSA) is 113 Å². The van der Waals surface area contributed by atoms with Crippen molar-refractivity contribution in [3.05, 3.63) is 51.2 Å². The predicted octanol–water partition coefficient (Wildman–Crippen LogP) is 3.90. The zero-order chi connectivity index (χ0) is 22.7. The van der Waals surface area contributed by atoms with Crippen LogP contribution in [0.4, 0.5) is 17.5 Å². The number of nitrogens with one attached hydrogen (secondary N) is 2. The molecule has 1 aromatic heterocycles. The highest BCUT2D eigenvalue weighted by Crippen LogP contribution is 2.29. The van der Waals surface area contributed by atoms with Crippen LogP contribution in [0.2, 0.25) is 0 Å². The number of hydrogen-bond donors (Lipinski definition) is 2. The smallest absolute Gasteiger partial charge is 0.270 e. The van der Waals surface area contributed by atoms with Crippen LogP contribution in [-0.2, 0) is 12.8 Å². The number of anilines is 2. The van der Waals surface area contributed by atoms with Crippen molar-refractivity contribution in [3.8, 4) is 0 Å². The van der Waals surface area contributed by atoms with Gasteiger partial charge in [0.2, 0.25) is 5.95 Å². The summed E-state index contributed by atoms with van der Waals surface area (Å²) in [6, 6.07) is 6.16. The molecule has 178 valence electrons. The molecule has 4 rings (SSSR count). The summed E-state index contributed by atoms with van der Waals surface area (Å²) in [6.45, 7) is 0. The second-order valence-electron chi connectivity index (χ2n) is 8.87. The van der Waals surface area contributed by atoms with Crippen molar-refractivity contribution >= 4 is 35.8 Å². The molecule has 2 N–H and O–H groups in total. The van der Waals surface area contributed by atoms with E-state index in [1.807, 2.05) is 14.1 Å². The summed E-state index contributed by atoms with van der Waals surface area (Å²) in [6.07, 6.45) is 7.88. The number of non-ortho nitro benzene ring substituents is 1. The Morgan fingerprint density at radius 2 is 1.79 bits per heavy atom. The molecule has 1 fully saturated rings. The van der Waals surface area contributed by atoms with Gasteiger partial charge in [0.15, 0.2) is 0 Å². The van der Waals surface area contributed by atoms with E-state index in [-0.39, 0.29) is 36.1 Å². The van der Waals surface area contributed by atoms with Crippen LogP contribution in [0.1, 0.15) is 60.1 Å². The van der Waals surface area contributed by atoms with Crippen molar-refractivity contribution < 1.29 is 9.72 Å². The predicted molar refractivity (Wildman–Crippen MR) is 130 cm³/mol. The van der Waals surface area contributed by atoms with E-state index in [1.165, 1.54) is 36.6 Å². The quantitative estimate of drug-likeness (QED) is 0.482. The zero-order valence-electron chi connectivity index (χ0n) is 19.0. The number of aryl methyl sites for hydroxylation is 1. The monoisotopic (exact) mass is 474 g/mol. The number of nitro groups is 1. The Bertz CT molecular complexity index is 1010. The van der Waals surface area contributed by atoms with Gasteiger partial charge in [-0.2, -0.15) is 4.98 Å². The molecule has 0 saturated heterocycles. The molecule has 1 heterocycles. The molecule has 0 bridgehead atoms. The maximum absolute atomic E-state index is 12.5. The van der Waals surface area contributed by atoms with Gasteiger partial charge in [0.1, 0.15) is 5.82 Å². The molecule has 2 aliphatic carbocycles. The van der Waals surface area contributed by atoms with Gasteiger partial charge < -0.3 is 15.5 Å². The average molecular weight is 475 g/mol. The van der Waals surface area contributed by atoms with E-state index in [0.29, 0.717) is 11.5 Å². The third-order valence-corrected chi connectivity index (χ3v) is 6.30. The molecule has 1 amide bonds. The van der Waals surface area contributed by atoms with Gasteiger partial charge in [0, 0.05) is 49.4 Å². The second kappa shape index (κ2) is 10.8. The van der Waals surface area contributed by atoms with E-state index in [0.717, 1.165) is 50.0 Å². The SMILES string of the molecule is CN(C)c1nc(NC2CCC(NC(=O)c3cccc([N+](=O)[O-])c3)CC2)nc2c1CCCC2.Cl. The highest BCUT2D eigenvalue weighted by Gasteiger charge is 2.25. The molecule has 33 heavy (non-hydrogen) atoms. The van der Waals surface area contributed by atoms with Crippen molar-refractivity contribution in [2.24, 2.45) is 0 Å². The number of amides is 1. The van der Waals surface area contributed by atoms with Gasteiger partial charge >= 0.3 is 0 Å². The van der Waals surface area contributed by atoms with E-state index in [9.17, 15) is 14.9 Å². The zero-order valence-corrected chi connectivity index (χ0v) is 19.9. The van der Waals surface area contributed by atoms with Crippen LogP contribution >= 0.6 is 12.4 Å². The van der Waals surface area contributed by atoms with E-state index in [2.05, 4.69) is 15.5 Å². The Balaban J connectivity index is 0.00000306. The van der Waals surface area contributed by atoms with Crippen LogP contribution in [0.25, 0.3) is 0 Å². The normalized spacial score (nSPS) is 19.6. The summed E-state index contributed by atoms with van der Waals surface area (Å²) in [5, 5.41) is 17.5. The first-order valence-electron chi connectivity index (χ1n) is 11.3. The van der Waals surface area contributed by atoms with Crippen molar-refractivity contribution in [3.63, 3.8) is 0 Å². The highest BCUT2D eigenvalue weighted by atomic mass is 35.5. The van der Waals surface area contributed by atoms with Gasteiger partial charge in [-0.15, -0.1) is 12.4 Å². The summed E-state index contributed by atoms with van der Waals surface area (Å²) in [4.78, 5) is 34.6. The fraction of sp³-hybridized carbons (Fsp3) is 0.522. The summed E-state index contributed by atoms with van der Waals surface area (Å²) >= 11 is 0. The first kappa shape index (κ1) is 24.7. The number of halogens is 1. The number of rotatable bonds is 6. The number of carbonyl (C=O) groups excluding carboxylic acids is 1. The van der Waals surface area contributed by atoms with Crippen molar-refractivity contribution in [1.82, 2.24) is 15.3 Å². The van der Waals surface area contributed by atoms with Crippen molar-refractivity contribution in [2.75, 3.05) is 24.3 Å². The Labute approximate surface area is 199 Å². The summed E-state index contributed by atoms with van der Waals surface area (Å²) in [5.74, 6) is 1.44. The van der Waals surface area contributed by atoms with Crippen molar-refractivity contribution in [1.29, 1.82) is 0 Å². The second-order valence-corrected chi connectivity index (χ2v) is 8.87. The van der Waals surface area contributed by atoms with Gasteiger partial charge in [-0.05, 0) is 57.4 Å². The first-order valence-corrected chi connectivity index (χ1v) is 11.3. The average Bonchev–Trinajstić information content (AvgIpc) is 2.79. The molecule has 0 unspecified atom stereocenters. The summed E-state index contributed by atoms with van der Waals surface area (Å²) in [7, 11) is 4.05. The number of nitro benzene ring substituents is 1. The Morgan fingerprint density at radius 1 is 1.09 bits per heavy atom. The minimum absolute atomic E-state index is 0. The molecular weight excluding hydrogens is 444 g/mol. The van der Waals surface area contributed by atoms with E-state index in [1.54, 1.807) is 6.07 Å². The molecule has 1 saturated carbocycles. The summed E-state index contributed by atoms with van der Waals surface area (Å²) < 4.78 is 0. The lowest BCUT2D eigenvalue weighted by Gasteiger charge is -2.30. The van der Waals surface area contributed by atoms with Crippen LogP contribution < -0.4 is 15.5 Å². The molecule has 9 nitrogen and oxygen atoms in total. The Kier molecular flexibility index (Phi) is 8.07. The molecular formula is C23H31ClN6O3. The molecule has 1 aromatic carbocycles. The van der Waals surface area contributed by atoms with Crippen molar-refractivity contribution in [2.45, 2.75) is 63.5 Å². The third-order valence-electron chi connectivity index (χ3n) is 6.30. The van der Waals surface area contributed by atoms with Crippen LogP contribution in [-0.4, -0.2) is 47.0 Å². The van der Waals surface area contributed by atoms with Gasteiger partial charge in [0.25, 0.3) is 11.6 Å². The number of nitrogens with zero attached hydrogens (tertiary/aromatic N) is 4. The van der Waals surface area contributed by atoms with Gasteiger partial charge in [-0.1, -0.05) is 6.07 Å². The minimum Gasteiger partial charge on any atom is -0.362 e. The number of fused-ring (bicyclic) bond motifs is 1. The van der Waals surface area contributed by atoms with Gasteiger partial charge in [0.05, 0.1) is 10.6 Å². The van der Waals surface area contributed by atoms with E-state index in [4.69, 9.17) is 9.97 Å². The molecule has 10 heteroatoms. The first-order chi connectivity index (χ1) is 15.4. The molecule has 0 aliphatic heterocycles. The Morgan fingerprint density at radius 3 is 2.48 bits per heavy atom. The largest absolute Gasteiger partial charge is 0.362 e. The fourth-order valence-electron chi connectivity index (χ4n) is 4.60. The number of carbonyl (C=O) groups is 1. The fourth-order valence-corrected chi connectivity index (χ4v) is 4.60. The lowest BCUT2D eigenvalue weighted by molar-refractivity contribution is -0.384. The van der Waals surface area contributed by atoms with E-state index < -0.39 is 4.92 Å². The molecule has 0 atom stereocenters. The molecule has 2 aliphatic rings. The maximum Gasteiger partial charge on any atom is 0.270 e. The lowest BCUT2D eigenvalue weighted by Crippen LogP contribution is -2.40. The minimum atomic E-state index is -0.488. The van der Waals surface area contributed by atoms with E-state index >= 15 is 0 Å². The molecule has 0 spiro atoms. The van der Waals surface area contributed by atoms with Gasteiger partial charge in [-0.25, -0.2) is 4.98 Å². The summed E-state index contributed by atoms with van der Waals surface area (Å²) in [5.41, 5.74) is 2.68. The standard InChI is InChI=1S/C23H30N6O3.ClH/c1-28(2)21-19-8-3-4-9-20(19)26-23(27-21)25-17-12-10-16(11-13-17)24-22(30)15-6-5-7-18(14-15)29(31)32;/h5-7,14,16-17H,3-4,8-13H2,1-2H3,(H,24,30)(H,25,26,27);1H. The third kappa shape index (κ3) is 5.90.